The van der Waals surface area contributed by atoms with E-state index in [4.69, 9.17) is 4.74 Å². The second-order valence-electron chi connectivity index (χ2n) is 6.35. The third-order valence-electron chi connectivity index (χ3n) is 4.53. The smallest absolute Gasteiger partial charge is 0.258 e. The van der Waals surface area contributed by atoms with Crippen LogP contribution in [-0.4, -0.2) is 54.6 Å². The lowest BCUT2D eigenvalue weighted by Crippen LogP contribution is -2.56. The van der Waals surface area contributed by atoms with Crippen LogP contribution in [0, 0.1) is 0 Å². The number of unbranched alkanes of at least 4 members (excludes halogenated alkanes) is 1. The lowest BCUT2D eigenvalue weighted by atomic mass is 9.86. The summed E-state index contributed by atoms with van der Waals surface area (Å²) in [5.41, 5.74) is -0.709. The zero-order valence-corrected chi connectivity index (χ0v) is 14.5. The highest BCUT2D eigenvalue weighted by Gasteiger charge is 2.42. The van der Waals surface area contributed by atoms with E-state index in [2.05, 4.69) is 12.2 Å². The lowest BCUT2D eigenvalue weighted by Gasteiger charge is -2.37. The van der Waals surface area contributed by atoms with Crippen molar-refractivity contribution in [3.8, 4) is 5.75 Å². The molecule has 0 aliphatic carbocycles. The number of ether oxygens (including phenoxy) is 1. The van der Waals surface area contributed by atoms with Gasteiger partial charge in [-0.05, 0) is 56.6 Å². The normalized spacial score (nSPS) is 18.0. The van der Waals surface area contributed by atoms with E-state index in [1.54, 1.807) is 31.3 Å². The van der Waals surface area contributed by atoms with Gasteiger partial charge in [0.15, 0.2) is 6.10 Å². The van der Waals surface area contributed by atoms with E-state index in [0.29, 0.717) is 38.2 Å². The van der Waals surface area contributed by atoms with E-state index < -0.39 is 17.6 Å². The average Bonchev–Trinajstić information content (AvgIpc) is 2.61. The molecule has 1 unspecified atom stereocenters. The van der Waals surface area contributed by atoms with Crippen LogP contribution >= 0.6 is 0 Å². The monoisotopic (exact) mass is 336 g/mol. The van der Waals surface area contributed by atoms with Gasteiger partial charge in [-0.15, -0.1) is 0 Å². The van der Waals surface area contributed by atoms with Crippen LogP contribution in [0.15, 0.2) is 24.3 Å². The van der Waals surface area contributed by atoms with Gasteiger partial charge in [-0.2, -0.15) is 0 Å². The van der Waals surface area contributed by atoms with Gasteiger partial charge >= 0.3 is 0 Å². The van der Waals surface area contributed by atoms with Crippen LogP contribution in [-0.2, 0) is 4.79 Å². The first kappa shape index (κ1) is 18.7. The van der Waals surface area contributed by atoms with Crippen LogP contribution in [0.5, 0.6) is 5.75 Å². The zero-order chi connectivity index (χ0) is 17.6. The first-order chi connectivity index (χ1) is 11.5. The minimum atomic E-state index is -1.43. The van der Waals surface area contributed by atoms with Crippen molar-refractivity contribution in [1.82, 2.24) is 5.32 Å². The molecule has 1 aromatic rings. The van der Waals surface area contributed by atoms with Gasteiger partial charge in [0, 0.05) is 12.7 Å². The summed E-state index contributed by atoms with van der Waals surface area (Å²) < 4.78 is 5.60. The van der Waals surface area contributed by atoms with Gasteiger partial charge < -0.3 is 25.2 Å². The highest BCUT2D eigenvalue weighted by atomic mass is 16.5. The van der Waals surface area contributed by atoms with E-state index >= 15 is 0 Å². The largest absolute Gasteiger partial charge is 0.494 e. The van der Waals surface area contributed by atoms with E-state index in [1.807, 2.05) is 0 Å². The number of aliphatic hydroxyl groups is 2. The number of amides is 1. The maximum absolute atomic E-state index is 12.5. The molecule has 1 atom stereocenters. The molecule has 1 aliphatic rings. The van der Waals surface area contributed by atoms with E-state index in [0.717, 1.165) is 18.6 Å². The number of nitrogens with zero attached hydrogens (tertiary/aromatic N) is 1. The van der Waals surface area contributed by atoms with Gasteiger partial charge in [0.05, 0.1) is 6.61 Å². The Labute approximate surface area is 143 Å². The summed E-state index contributed by atoms with van der Waals surface area (Å²) in [6.07, 6.45) is 1.37. The van der Waals surface area contributed by atoms with Gasteiger partial charge in [0.2, 0.25) is 0 Å². The number of carbonyl (C=O) groups is 1. The van der Waals surface area contributed by atoms with Gasteiger partial charge in [0.1, 0.15) is 11.4 Å². The number of anilines is 1. The summed E-state index contributed by atoms with van der Waals surface area (Å²) >= 11 is 0. The number of nitrogens with one attached hydrogen (secondary N) is 1. The number of piperidine rings is 1. The van der Waals surface area contributed by atoms with Crippen molar-refractivity contribution in [2.24, 2.45) is 0 Å². The maximum atomic E-state index is 12.5. The predicted molar refractivity (Wildman–Crippen MR) is 93.3 cm³/mol. The van der Waals surface area contributed by atoms with E-state index in [1.165, 1.54) is 4.90 Å². The minimum absolute atomic E-state index is 0.359. The lowest BCUT2D eigenvalue weighted by molar-refractivity contribution is -0.146. The molecule has 0 aromatic heterocycles. The molecular weight excluding hydrogens is 308 g/mol. The molecule has 0 bridgehead atoms. The maximum Gasteiger partial charge on any atom is 0.258 e. The van der Waals surface area contributed by atoms with Crippen molar-refractivity contribution in [1.29, 1.82) is 0 Å². The third-order valence-corrected chi connectivity index (χ3v) is 4.53. The van der Waals surface area contributed by atoms with Gasteiger partial charge in [-0.3, -0.25) is 4.79 Å². The van der Waals surface area contributed by atoms with Gasteiger partial charge in [-0.1, -0.05) is 13.3 Å². The quantitative estimate of drug-likeness (QED) is 0.654. The van der Waals surface area contributed by atoms with Crippen molar-refractivity contribution >= 4 is 11.6 Å². The Morgan fingerprint density at radius 2 is 1.96 bits per heavy atom. The standard InChI is InChI=1S/C18H28N2O4/c1-3-4-13-24-15-7-5-14(6-8-15)20(2)17(22)16(21)18(23)9-11-19-12-10-18/h5-8,16,19,21,23H,3-4,9-13H2,1-2H3. The molecule has 3 N–H and O–H groups in total. The topological polar surface area (TPSA) is 82.0 Å². The molecule has 1 aromatic carbocycles. The molecule has 134 valence electrons. The van der Waals surface area contributed by atoms with Gasteiger partial charge in [0.25, 0.3) is 5.91 Å². The first-order valence-electron chi connectivity index (χ1n) is 8.59. The predicted octanol–water partition coefficient (Wildman–Crippen LogP) is 1.30. The zero-order valence-electron chi connectivity index (χ0n) is 14.5. The van der Waals surface area contributed by atoms with Crippen LogP contribution in [0.25, 0.3) is 0 Å². The number of hydrogen-bond acceptors (Lipinski definition) is 5. The van der Waals surface area contributed by atoms with Crippen molar-refractivity contribution in [3.63, 3.8) is 0 Å². The Kier molecular flexibility index (Phi) is 6.60. The number of rotatable bonds is 7. The second kappa shape index (κ2) is 8.46. The molecule has 0 spiro atoms. The molecule has 6 heteroatoms. The van der Waals surface area contributed by atoms with Crippen LogP contribution in [0.2, 0.25) is 0 Å². The molecule has 1 fully saturated rings. The number of benzene rings is 1. The van der Waals surface area contributed by atoms with Crippen LogP contribution < -0.4 is 15.0 Å². The third kappa shape index (κ3) is 4.47. The molecule has 24 heavy (non-hydrogen) atoms. The Morgan fingerprint density at radius 1 is 1.33 bits per heavy atom. The summed E-state index contributed by atoms with van der Waals surface area (Å²) in [5.74, 6) is 0.254. The van der Waals surface area contributed by atoms with Crippen molar-refractivity contribution < 1.29 is 19.7 Å². The summed E-state index contributed by atoms with van der Waals surface area (Å²) in [5, 5.41) is 24.0. The van der Waals surface area contributed by atoms with Crippen molar-refractivity contribution in [2.45, 2.75) is 44.3 Å². The molecular formula is C18H28N2O4. The minimum Gasteiger partial charge on any atom is -0.494 e. The summed E-state index contributed by atoms with van der Waals surface area (Å²) in [6, 6.07) is 7.16. The average molecular weight is 336 g/mol. The number of hydrogen-bond donors (Lipinski definition) is 3. The molecule has 1 saturated heterocycles. The van der Waals surface area contributed by atoms with Crippen LogP contribution in [0.4, 0.5) is 5.69 Å². The van der Waals surface area contributed by atoms with E-state index in [-0.39, 0.29) is 0 Å². The number of carbonyl (C=O) groups excluding carboxylic acids is 1. The fourth-order valence-corrected chi connectivity index (χ4v) is 2.77. The molecule has 1 amide bonds. The molecule has 6 nitrogen and oxygen atoms in total. The SMILES string of the molecule is CCCCOc1ccc(N(C)C(=O)C(O)C2(O)CCNCC2)cc1. The van der Waals surface area contributed by atoms with Crippen LogP contribution in [0.1, 0.15) is 32.6 Å². The Balaban J connectivity index is 1.99. The van der Waals surface area contributed by atoms with Crippen molar-refractivity contribution in [2.75, 3.05) is 31.6 Å². The van der Waals surface area contributed by atoms with Gasteiger partial charge in [-0.25, -0.2) is 0 Å². The fourth-order valence-electron chi connectivity index (χ4n) is 2.77. The Bertz CT molecular complexity index is 526. The first-order valence-corrected chi connectivity index (χ1v) is 8.59. The Morgan fingerprint density at radius 3 is 2.54 bits per heavy atom. The van der Waals surface area contributed by atoms with E-state index in [9.17, 15) is 15.0 Å². The van der Waals surface area contributed by atoms with Crippen molar-refractivity contribution in [3.05, 3.63) is 24.3 Å². The summed E-state index contributed by atoms with van der Waals surface area (Å²) in [7, 11) is 1.60. The second-order valence-corrected chi connectivity index (χ2v) is 6.35. The molecule has 2 rings (SSSR count). The fraction of sp³-hybridized carbons (Fsp3) is 0.611. The summed E-state index contributed by atoms with van der Waals surface area (Å²) in [4.78, 5) is 13.9. The van der Waals surface area contributed by atoms with Crippen LogP contribution in [0.3, 0.4) is 0 Å². The molecule has 1 aliphatic heterocycles. The Hall–Kier alpha value is -1.63. The molecule has 1 heterocycles. The molecule has 0 saturated carbocycles. The number of likely N-dealkylation sites (N-methyl/N-ethyl adjacent to an activating group) is 1. The highest BCUT2D eigenvalue weighted by molar-refractivity contribution is 5.96. The number of aliphatic hydroxyl groups excluding tert-OH is 1. The summed E-state index contributed by atoms with van der Waals surface area (Å²) in [6.45, 7) is 3.96. The molecule has 0 radical (unpaired) electrons. The highest BCUT2D eigenvalue weighted by Crippen LogP contribution is 2.26.